The summed E-state index contributed by atoms with van der Waals surface area (Å²) in [5.74, 6) is -0.305. The second-order valence-corrected chi connectivity index (χ2v) is 19.0. The number of allylic oxidation sites excluding steroid dienone is 7. The monoisotopic (exact) mass is 1020 g/mol. The lowest BCUT2D eigenvalue weighted by molar-refractivity contribution is -0.379. The first-order valence-electron chi connectivity index (χ1n) is 26.4. The van der Waals surface area contributed by atoms with E-state index >= 15 is 0 Å². The molecule has 3 rings (SSSR count). The molecule has 3 aliphatic heterocycles. The molecular formula is C52H91NO18. The van der Waals surface area contributed by atoms with Crippen molar-refractivity contribution in [3.05, 3.63) is 48.6 Å². The van der Waals surface area contributed by atoms with Crippen LogP contribution in [0.5, 0.6) is 0 Å². The molecule has 412 valence electrons. The first-order chi connectivity index (χ1) is 34.3. The molecule has 19 nitrogen and oxygen atoms in total. The van der Waals surface area contributed by atoms with Crippen molar-refractivity contribution in [1.29, 1.82) is 0 Å². The predicted octanol–water partition coefficient (Wildman–Crippen LogP) is 2.36. The lowest BCUT2D eigenvalue weighted by atomic mass is 9.96. The lowest BCUT2D eigenvalue weighted by Crippen LogP contribution is -2.66. The molecule has 0 aromatic heterocycles. The second-order valence-electron chi connectivity index (χ2n) is 19.0. The van der Waals surface area contributed by atoms with E-state index in [9.17, 15) is 61.0 Å². The molecule has 3 fully saturated rings. The Kier molecular flexibility index (Phi) is 32.5. The zero-order valence-electron chi connectivity index (χ0n) is 42.2. The van der Waals surface area contributed by atoms with E-state index in [2.05, 4.69) is 55.6 Å². The van der Waals surface area contributed by atoms with Crippen molar-refractivity contribution in [3.8, 4) is 0 Å². The molecule has 0 bridgehead atoms. The largest absolute Gasteiger partial charge is 0.394 e. The molecule has 0 aliphatic carbocycles. The number of hydrogen-bond acceptors (Lipinski definition) is 18. The summed E-state index contributed by atoms with van der Waals surface area (Å²) in [6, 6.07) is -0.998. The van der Waals surface area contributed by atoms with Gasteiger partial charge < -0.3 is 89.9 Å². The minimum absolute atomic E-state index is 0.220. The Morgan fingerprint density at radius 2 is 0.901 bits per heavy atom. The average Bonchev–Trinajstić information content (AvgIpc) is 3.36. The average molecular weight is 1020 g/mol. The van der Waals surface area contributed by atoms with Gasteiger partial charge >= 0.3 is 0 Å². The summed E-state index contributed by atoms with van der Waals surface area (Å²) in [5, 5.41) is 120. The Bertz CT molecular complexity index is 1500. The molecule has 17 atom stereocenters. The van der Waals surface area contributed by atoms with Gasteiger partial charge in [-0.05, 0) is 70.6 Å². The Labute approximate surface area is 421 Å². The quantitative estimate of drug-likeness (QED) is 0.0317. The van der Waals surface area contributed by atoms with Gasteiger partial charge in [0.05, 0.1) is 38.6 Å². The van der Waals surface area contributed by atoms with Gasteiger partial charge in [-0.2, -0.15) is 0 Å². The minimum Gasteiger partial charge on any atom is -0.394 e. The number of rotatable bonds is 36. The first kappa shape index (κ1) is 63.0. The maximum atomic E-state index is 13.2. The summed E-state index contributed by atoms with van der Waals surface area (Å²) in [5.41, 5.74) is 0. The number of unbranched alkanes of at least 4 members (excludes halogenated alkanes) is 14. The molecule has 71 heavy (non-hydrogen) atoms. The van der Waals surface area contributed by atoms with Crippen LogP contribution in [0.25, 0.3) is 0 Å². The fraction of sp³-hybridized carbons (Fsp3) is 0.827. The molecule has 0 aromatic rings. The van der Waals surface area contributed by atoms with Crippen LogP contribution in [0.3, 0.4) is 0 Å². The van der Waals surface area contributed by atoms with Crippen LogP contribution >= 0.6 is 0 Å². The van der Waals surface area contributed by atoms with Crippen LogP contribution in [0.1, 0.15) is 142 Å². The number of aliphatic hydroxyl groups is 11. The molecule has 3 heterocycles. The van der Waals surface area contributed by atoms with E-state index in [4.69, 9.17) is 28.4 Å². The van der Waals surface area contributed by atoms with Crippen molar-refractivity contribution < 1.29 is 89.4 Å². The Balaban J connectivity index is 1.58. The second kappa shape index (κ2) is 36.7. The van der Waals surface area contributed by atoms with E-state index in [0.29, 0.717) is 12.8 Å². The SMILES string of the molecule is CCCCC/C=C\CCCCCCCC(=O)NC(COC1OC(CO)C(OC2OC(CO)C(OC3OC(CO)C(O)C(O)C3O)C(O)C2O)C(O)C1O)C(O)/C=C/CC/C=C/CC/C=C/CCCCCC. The zero-order chi connectivity index (χ0) is 52.0. The highest BCUT2D eigenvalue weighted by atomic mass is 16.8. The van der Waals surface area contributed by atoms with Crippen LogP contribution in [0.2, 0.25) is 0 Å². The normalized spacial score (nSPS) is 32.7. The van der Waals surface area contributed by atoms with Crippen molar-refractivity contribution in [2.45, 2.75) is 247 Å². The third-order valence-corrected chi connectivity index (χ3v) is 13.1. The Morgan fingerprint density at radius 3 is 1.44 bits per heavy atom. The van der Waals surface area contributed by atoms with Gasteiger partial charge in [-0.3, -0.25) is 4.79 Å². The van der Waals surface area contributed by atoms with E-state index < -0.39 is 124 Å². The summed E-state index contributed by atoms with van der Waals surface area (Å²) < 4.78 is 34.1. The van der Waals surface area contributed by atoms with Crippen LogP contribution in [-0.2, 0) is 33.2 Å². The maximum Gasteiger partial charge on any atom is 0.220 e. The smallest absolute Gasteiger partial charge is 0.220 e. The number of carbonyl (C=O) groups is 1. The molecule has 0 aromatic carbocycles. The number of hydrogen-bond donors (Lipinski definition) is 12. The van der Waals surface area contributed by atoms with Gasteiger partial charge in [-0.15, -0.1) is 0 Å². The summed E-state index contributed by atoms with van der Waals surface area (Å²) in [7, 11) is 0. The molecular weight excluding hydrogens is 927 g/mol. The highest BCUT2D eigenvalue weighted by molar-refractivity contribution is 5.76. The predicted molar refractivity (Wildman–Crippen MR) is 263 cm³/mol. The van der Waals surface area contributed by atoms with Crippen molar-refractivity contribution in [1.82, 2.24) is 5.32 Å². The van der Waals surface area contributed by atoms with Crippen molar-refractivity contribution in [2.75, 3.05) is 26.4 Å². The molecule has 0 spiro atoms. The number of nitrogens with one attached hydrogen (secondary N) is 1. The summed E-state index contributed by atoms with van der Waals surface area (Å²) in [4.78, 5) is 13.2. The van der Waals surface area contributed by atoms with Crippen LogP contribution in [-0.4, -0.2) is 193 Å². The molecule has 0 saturated carbocycles. The Hall–Kier alpha value is -2.25. The van der Waals surface area contributed by atoms with Gasteiger partial charge in [0.2, 0.25) is 5.91 Å². The lowest BCUT2D eigenvalue weighted by Gasteiger charge is -2.48. The highest BCUT2D eigenvalue weighted by Crippen LogP contribution is 2.33. The summed E-state index contributed by atoms with van der Waals surface area (Å²) in [6.07, 6.45) is 9.72. The molecule has 0 radical (unpaired) electrons. The van der Waals surface area contributed by atoms with E-state index in [1.54, 1.807) is 6.08 Å². The molecule has 3 aliphatic rings. The van der Waals surface area contributed by atoms with E-state index in [0.717, 1.165) is 64.2 Å². The summed E-state index contributed by atoms with van der Waals surface area (Å²) >= 11 is 0. The van der Waals surface area contributed by atoms with Crippen molar-refractivity contribution >= 4 is 5.91 Å². The zero-order valence-corrected chi connectivity index (χ0v) is 42.2. The minimum atomic E-state index is -1.98. The van der Waals surface area contributed by atoms with Crippen LogP contribution in [0.15, 0.2) is 48.6 Å². The third-order valence-electron chi connectivity index (χ3n) is 13.1. The fourth-order valence-corrected chi connectivity index (χ4v) is 8.63. The first-order valence-corrected chi connectivity index (χ1v) is 26.4. The van der Waals surface area contributed by atoms with E-state index in [-0.39, 0.29) is 18.9 Å². The summed E-state index contributed by atoms with van der Waals surface area (Å²) in [6.45, 7) is 1.59. The molecule has 12 N–H and O–H groups in total. The van der Waals surface area contributed by atoms with Gasteiger partial charge in [-0.25, -0.2) is 0 Å². The van der Waals surface area contributed by atoms with Gasteiger partial charge in [-0.1, -0.05) is 114 Å². The topological polar surface area (TPSA) is 307 Å². The molecule has 1 amide bonds. The number of amides is 1. The number of aliphatic hydroxyl groups excluding tert-OH is 11. The number of ether oxygens (including phenoxy) is 6. The van der Waals surface area contributed by atoms with Gasteiger partial charge in [0.25, 0.3) is 0 Å². The van der Waals surface area contributed by atoms with Gasteiger partial charge in [0.15, 0.2) is 18.9 Å². The van der Waals surface area contributed by atoms with E-state index in [1.807, 2.05) is 6.08 Å². The standard InChI is InChI=1S/C52H91NO18/c1-3-5-7-9-11-13-15-17-18-19-21-23-25-27-29-36(57)35(53-40(58)30-28-26-24-22-20-16-14-12-10-8-6-4-2)34-66-50-46(64)43(61)48(38(32-55)68-50)71-52-47(65)44(62)49(39(33-56)69-52)70-51-45(63)42(60)41(59)37(31-54)67-51/h12-15,19,21,27,29,35-39,41-52,54-57,59-65H,3-11,16-18,20,22-26,28,30-34H2,1-2H3,(H,53,58)/b14-12-,15-13+,21-19+,29-27+. The van der Waals surface area contributed by atoms with Gasteiger partial charge in [0, 0.05) is 6.42 Å². The molecule has 3 saturated heterocycles. The Morgan fingerprint density at radius 1 is 0.493 bits per heavy atom. The van der Waals surface area contributed by atoms with Crippen LogP contribution < -0.4 is 5.32 Å². The third kappa shape index (κ3) is 22.2. The van der Waals surface area contributed by atoms with Crippen LogP contribution in [0.4, 0.5) is 0 Å². The van der Waals surface area contributed by atoms with Crippen molar-refractivity contribution in [3.63, 3.8) is 0 Å². The fourth-order valence-electron chi connectivity index (χ4n) is 8.63. The highest BCUT2D eigenvalue weighted by Gasteiger charge is 2.53. The maximum absolute atomic E-state index is 13.2. The van der Waals surface area contributed by atoms with Crippen molar-refractivity contribution in [2.24, 2.45) is 0 Å². The number of carbonyl (C=O) groups excluding carboxylic acids is 1. The van der Waals surface area contributed by atoms with Crippen LogP contribution in [0, 0.1) is 0 Å². The van der Waals surface area contributed by atoms with Gasteiger partial charge in [0.1, 0.15) is 73.2 Å². The van der Waals surface area contributed by atoms with E-state index in [1.165, 1.54) is 44.9 Å². The molecule has 17 unspecified atom stereocenters. The molecule has 19 heteroatoms.